The standard InChI is InChI=1S/C39H42BrN3O4S/c1-5-20-41(28-18-11-8-12-19-28)36(45)31-32-37(46)43(29(24-44)22-27-16-9-7-10-17-27)35(39(32)23-30(40)34(31)48-39)38(47)42(21-6-2)33-25(3)14-13-15-26(33)4/h5-19,29-32,34-35,44H,1-2,20-24H2,3-4H3/t29-,30?,31+,32+,34+,35?,39?/m1/s1. The van der Waals surface area contributed by atoms with E-state index in [1.165, 1.54) is 0 Å². The van der Waals surface area contributed by atoms with Gasteiger partial charge in [-0.3, -0.25) is 14.4 Å². The van der Waals surface area contributed by atoms with Crippen molar-refractivity contribution in [2.45, 2.75) is 53.6 Å². The number of carbonyl (C=O) groups excluding carboxylic acids is 3. The Kier molecular flexibility index (Phi) is 10.0. The minimum atomic E-state index is -0.910. The van der Waals surface area contributed by atoms with Crippen molar-refractivity contribution >= 4 is 56.8 Å². The fourth-order valence-electron chi connectivity index (χ4n) is 8.20. The lowest BCUT2D eigenvalue weighted by Crippen LogP contribution is -2.58. The van der Waals surface area contributed by atoms with Crippen LogP contribution in [0, 0.1) is 25.7 Å². The van der Waals surface area contributed by atoms with E-state index < -0.39 is 28.7 Å². The van der Waals surface area contributed by atoms with Gasteiger partial charge in [0.1, 0.15) is 6.04 Å². The van der Waals surface area contributed by atoms with Gasteiger partial charge in [0.15, 0.2) is 0 Å². The predicted molar refractivity (Wildman–Crippen MR) is 198 cm³/mol. The van der Waals surface area contributed by atoms with Crippen LogP contribution >= 0.6 is 27.7 Å². The summed E-state index contributed by atoms with van der Waals surface area (Å²) in [7, 11) is 0. The normalized spacial score (nSPS) is 26.2. The van der Waals surface area contributed by atoms with Crippen LogP contribution in [0.5, 0.6) is 0 Å². The van der Waals surface area contributed by atoms with Crippen molar-refractivity contribution in [3.05, 3.63) is 121 Å². The Labute approximate surface area is 295 Å². The van der Waals surface area contributed by atoms with Gasteiger partial charge in [0.2, 0.25) is 11.8 Å². The van der Waals surface area contributed by atoms with Crippen molar-refractivity contribution in [2.75, 3.05) is 29.5 Å². The van der Waals surface area contributed by atoms with Gasteiger partial charge in [-0.25, -0.2) is 0 Å². The molecule has 0 radical (unpaired) electrons. The number of rotatable bonds is 12. The number of hydrogen-bond acceptors (Lipinski definition) is 5. The third-order valence-corrected chi connectivity index (χ3v) is 13.3. The van der Waals surface area contributed by atoms with Crippen molar-refractivity contribution in [3.63, 3.8) is 0 Å². The van der Waals surface area contributed by atoms with Crippen LogP contribution in [0.2, 0.25) is 0 Å². The van der Waals surface area contributed by atoms with Gasteiger partial charge in [-0.15, -0.1) is 24.9 Å². The lowest BCUT2D eigenvalue weighted by Gasteiger charge is -2.40. The average molecular weight is 729 g/mol. The number of carbonyl (C=O) groups is 3. The molecule has 7 nitrogen and oxygen atoms in total. The van der Waals surface area contributed by atoms with E-state index in [-0.39, 0.29) is 47.5 Å². The highest BCUT2D eigenvalue weighted by molar-refractivity contribution is 9.09. The molecule has 3 amide bonds. The maximum atomic E-state index is 15.3. The molecule has 0 saturated carbocycles. The first-order valence-corrected chi connectivity index (χ1v) is 18.2. The largest absolute Gasteiger partial charge is 0.394 e. The molecule has 0 aromatic heterocycles. The highest BCUT2D eigenvalue weighted by Crippen LogP contribution is 2.68. The molecule has 0 aliphatic carbocycles. The summed E-state index contributed by atoms with van der Waals surface area (Å²) in [6, 6.07) is 23.5. The summed E-state index contributed by atoms with van der Waals surface area (Å²) in [5.41, 5.74) is 4.36. The van der Waals surface area contributed by atoms with Gasteiger partial charge in [0, 0.05) is 34.5 Å². The molecule has 3 unspecified atom stereocenters. The van der Waals surface area contributed by atoms with Crippen LogP contribution in [-0.4, -0.2) is 74.3 Å². The molecule has 250 valence electrons. The maximum Gasteiger partial charge on any atom is 0.251 e. The number of amides is 3. The van der Waals surface area contributed by atoms with E-state index in [9.17, 15) is 9.90 Å². The average Bonchev–Trinajstić information content (AvgIpc) is 3.69. The third kappa shape index (κ3) is 5.73. The summed E-state index contributed by atoms with van der Waals surface area (Å²) in [6.07, 6.45) is 4.32. The predicted octanol–water partition coefficient (Wildman–Crippen LogP) is 6.11. The smallest absolute Gasteiger partial charge is 0.251 e. The van der Waals surface area contributed by atoms with Crippen molar-refractivity contribution in [1.29, 1.82) is 0 Å². The fraction of sp³-hybridized carbons (Fsp3) is 0.359. The first kappa shape index (κ1) is 34.2. The Morgan fingerprint density at radius 3 is 2.17 bits per heavy atom. The second-order valence-electron chi connectivity index (χ2n) is 13.0. The first-order chi connectivity index (χ1) is 23.2. The molecule has 3 saturated heterocycles. The van der Waals surface area contributed by atoms with Gasteiger partial charge in [-0.2, -0.15) is 0 Å². The van der Waals surface area contributed by atoms with Gasteiger partial charge in [0.05, 0.1) is 29.2 Å². The monoisotopic (exact) mass is 727 g/mol. The Balaban J connectivity index is 1.49. The van der Waals surface area contributed by atoms with Crippen LogP contribution in [0.3, 0.4) is 0 Å². The zero-order valence-electron chi connectivity index (χ0n) is 27.4. The highest BCUT2D eigenvalue weighted by Gasteiger charge is 2.76. The van der Waals surface area contributed by atoms with Crippen LogP contribution in [0.15, 0.2) is 104 Å². The Morgan fingerprint density at radius 2 is 1.56 bits per heavy atom. The molecule has 7 atom stereocenters. The molecular weight excluding hydrogens is 686 g/mol. The van der Waals surface area contributed by atoms with Crippen LogP contribution in [0.25, 0.3) is 0 Å². The van der Waals surface area contributed by atoms with Crippen LogP contribution in [-0.2, 0) is 20.8 Å². The van der Waals surface area contributed by atoms with Gasteiger partial charge >= 0.3 is 0 Å². The number of aryl methyl sites for hydroxylation is 2. The van der Waals surface area contributed by atoms with Crippen molar-refractivity contribution in [1.82, 2.24) is 4.90 Å². The summed E-state index contributed by atoms with van der Waals surface area (Å²) in [6.45, 7) is 12.1. The Hall–Kier alpha value is -3.66. The Morgan fingerprint density at radius 1 is 0.958 bits per heavy atom. The zero-order chi connectivity index (χ0) is 34.2. The van der Waals surface area contributed by atoms with E-state index in [1.807, 2.05) is 92.7 Å². The molecule has 6 rings (SSSR count). The van der Waals surface area contributed by atoms with Gasteiger partial charge in [-0.1, -0.05) is 94.8 Å². The number of anilines is 2. The number of thioether (sulfide) groups is 1. The number of para-hydroxylation sites is 2. The van der Waals surface area contributed by atoms with Crippen molar-refractivity contribution in [3.8, 4) is 0 Å². The summed E-state index contributed by atoms with van der Waals surface area (Å²) in [5.74, 6) is -2.04. The quantitative estimate of drug-likeness (QED) is 0.180. The van der Waals surface area contributed by atoms with Crippen molar-refractivity contribution < 1.29 is 19.5 Å². The van der Waals surface area contributed by atoms with Crippen LogP contribution in [0.1, 0.15) is 23.1 Å². The maximum absolute atomic E-state index is 15.3. The molecular formula is C39H42BrN3O4S. The van der Waals surface area contributed by atoms with Crippen LogP contribution < -0.4 is 9.80 Å². The second kappa shape index (κ2) is 14.1. The van der Waals surface area contributed by atoms with E-state index >= 15 is 9.59 Å². The number of alkyl halides is 1. The number of benzene rings is 3. The lowest BCUT2D eigenvalue weighted by atomic mass is 9.70. The molecule has 1 N–H and O–H groups in total. The molecule has 3 aromatic carbocycles. The molecule has 9 heteroatoms. The SMILES string of the molecule is C=CCN(C(=O)[C@H]1[C@H]2C(=O)N([C@@H](CO)Cc3ccccc3)C(C(=O)N(CC=C)c3c(C)cccc3C)C23CC(Br)[C@@H]1S3)c1ccccc1. The molecule has 3 aliphatic rings. The summed E-state index contributed by atoms with van der Waals surface area (Å²) in [4.78, 5) is 50.1. The minimum Gasteiger partial charge on any atom is -0.394 e. The number of fused-ring (bicyclic) bond motifs is 1. The number of likely N-dealkylation sites (tertiary alicyclic amines) is 1. The second-order valence-corrected chi connectivity index (χ2v) is 15.7. The molecule has 3 aliphatic heterocycles. The van der Waals surface area contributed by atoms with Gasteiger partial charge in [0.25, 0.3) is 5.91 Å². The molecule has 2 bridgehead atoms. The topological polar surface area (TPSA) is 81.2 Å². The molecule has 3 aromatic rings. The number of aliphatic hydroxyl groups excluding tert-OH is 1. The molecule has 1 spiro atoms. The molecule has 48 heavy (non-hydrogen) atoms. The number of nitrogens with zero attached hydrogens (tertiary/aromatic N) is 3. The Bertz CT molecular complexity index is 1680. The molecule has 3 heterocycles. The number of aliphatic hydroxyl groups is 1. The van der Waals surface area contributed by atoms with E-state index in [4.69, 9.17) is 0 Å². The summed E-state index contributed by atoms with van der Waals surface area (Å²) >= 11 is 5.51. The fourth-order valence-corrected chi connectivity index (χ4v) is 11.8. The minimum absolute atomic E-state index is 0.0909. The van der Waals surface area contributed by atoms with Crippen molar-refractivity contribution in [2.24, 2.45) is 11.8 Å². The summed E-state index contributed by atoms with van der Waals surface area (Å²) < 4.78 is -0.885. The van der Waals surface area contributed by atoms with E-state index in [0.717, 1.165) is 28.1 Å². The zero-order valence-corrected chi connectivity index (χ0v) is 29.8. The van der Waals surface area contributed by atoms with Crippen LogP contribution in [0.4, 0.5) is 11.4 Å². The van der Waals surface area contributed by atoms with Gasteiger partial charge in [-0.05, 0) is 55.5 Å². The lowest BCUT2D eigenvalue weighted by molar-refractivity contribution is -0.141. The highest BCUT2D eigenvalue weighted by atomic mass is 79.9. The summed E-state index contributed by atoms with van der Waals surface area (Å²) in [5, 5.41) is 10.7. The van der Waals surface area contributed by atoms with E-state index in [1.54, 1.807) is 38.6 Å². The third-order valence-electron chi connectivity index (χ3n) is 10.1. The number of halogens is 1. The number of hydrogen-bond donors (Lipinski definition) is 1. The van der Waals surface area contributed by atoms with E-state index in [2.05, 4.69) is 29.1 Å². The van der Waals surface area contributed by atoms with E-state index in [0.29, 0.717) is 12.8 Å². The van der Waals surface area contributed by atoms with Gasteiger partial charge < -0.3 is 19.8 Å². The first-order valence-electron chi connectivity index (χ1n) is 16.4. The molecule has 3 fully saturated rings.